The average Bonchev–Trinajstić information content (AvgIpc) is 1.38. The molecule has 0 rings (SSSR count). The Balaban J connectivity index is -0.0000000267. The Labute approximate surface area is 56.3 Å². The van der Waals surface area contributed by atoms with Crippen LogP contribution in [0.3, 0.4) is 0 Å². The molecule has 0 saturated heterocycles. The summed E-state index contributed by atoms with van der Waals surface area (Å²) in [6.07, 6.45) is 1.31. The predicted octanol–water partition coefficient (Wildman–Crippen LogP) is 3.96. The predicted molar refractivity (Wildman–Crippen MR) is 45.3 cm³/mol. The molecule has 0 atom stereocenters. The summed E-state index contributed by atoms with van der Waals surface area (Å²) < 4.78 is 0. The molecular formula is C8H24. The van der Waals surface area contributed by atoms with Crippen molar-refractivity contribution < 1.29 is 0 Å². The Morgan fingerprint density at radius 1 is 1.00 bits per heavy atom. The molecule has 0 aromatic rings. The molecule has 0 nitrogen and oxygen atoms in total. The van der Waals surface area contributed by atoms with Gasteiger partial charge in [-0.15, -0.1) is 0 Å². The van der Waals surface area contributed by atoms with Crippen molar-refractivity contribution in [1.29, 1.82) is 0 Å². The van der Waals surface area contributed by atoms with Crippen molar-refractivity contribution in [3.63, 3.8) is 0 Å². The highest BCUT2D eigenvalue weighted by molar-refractivity contribution is 4.32. The molecule has 0 aliphatic heterocycles. The second kappa shape index (κ2) is 15.8. The third-order valence-corrected chi connectivity index (χ3v) is 0.816. The summed E-state index contributed by atoms with van der Waals surface area (Å²) in [6.45, 7) is 6.64. The van der Waals surface area contributed by atoms with E-state index >= 15 is 0 Å². The first kappa shape index (κ1) is 24.5. The van der Waals surface area contributed by atoms with Crippen LogP contribution in [0.25, 0.3) is 0 Å². The molecule has 0 aromatic carbocycles. The lowest BCUT2D eigenvalue weighted by atomic mass is 10.2. The first-order chi connectivity index (χ1) is 2.27. The molecule has 0 heterocycles. The maximum absolute atomic E-state index is 2.22. The van der Waals surface area contributed by atoms with Crippen molar-refractivity contribution in [2.45, 2.75) is 49.5 Å². The van der Waals surface area contributed by atoms with Crippen LogP contribution in [0.5, 0.6) is 0 Å². The van der Waals surface area contributed by atoms with Crippen LogP contribution in [0.2, 0.25) is 0 Å². The van der Waals surface area contributed by atoms with Gasteiger partial charge < -0.3 is 0 Å². The van der Waals surface area contributed by atoms with Gasteiger partial charge in [0.2, 0.25) is 0 Å². The summed E-state index contributed by atoms with van der Waals surface area (Å²) in [6, 6.07) is 0. The molecule has 0 amide bonds. The van der Waals surface area contributed by atoms with E-state index in [4.69, 9.17) is 0 Å². The molecule has 0 aliphatic carbocycles. The molecule has 0 N–H and O–H groups in total. The molecule has 0 spiro atoms. The van der Waals surface area contributed by atoms with E-state index in [-0.39, 0.29) is 22.3 Å². The first-order valence-corrected chi connectivity index (χ1v) is 2.27. The van der Waals surface area contributed by atoms with Crippen LogP contribution < -0.4 is 0 Å². The van der Waals surface area contributed by atoms with Gasteiger partial charge in [0, 0.05) is 0 Å². The molecule has 0 aliphatic rings. The van der Waals surface area contributed by atoms with E-state index in [2.05, 4.69) is 20.8 Å². The van der Waals surface area contributed by atoms with Gasteiger partial charge >= 0.3 is 0 Å². The minimum absolute atomic E-state index is 0. The summed E-state index contributed by atoms with van der Waals surface area (Å²) >= 11 is 0. The van der Waals surface area contributed by atoms with Crippen molar-refractivity contribution in [2.24, 2.45) is 5.92 Å². The summed E-state index contributed by atoms with van der Waals surface area (Å²) in [4.78, 5) is 0. The molecule has 0 heteroatoms. The van der Waals surface area contributed by atoms with Crippen LogP contribution in [0.15, 0.2) is 0 Å². The van der Waals surface area contributed by atoms with Crippen molar-refractivity contribution in [1.82, 2.24) is 0 Å². The van der Waals surface area contributed by atoms with E-state index in [0.717, 1.165) is 5.92 Å². The lowest BCUT2D eigenvalue weighted by Crippen LogP contribution is -1.77. The zero-order valence-electron chi connectivity index (χ0n) is 4.28. The van der Waals surface area contributed by atoms with Gasteiger partial charge in [0.25, 0.3) is 0 Å². The Bertz CT molecular complexity index is 14.0. The summed E-state index contributed by atoms with van der Waals surface area (Å²) in [5.74, 6) is 0.884. The minimum atomic E-state index is 0. The van der Waals surface area contributed by atoms with Crippen molar-refractivity contribution in [2.75, 3.05) is 0 Å². The van der Waals surface area contributed by atoms with E-state index in [1.807, 2.05) is 0 Å². The highest BCUT2D eigenvalue weighted by atomic mass is 13.9. The van der Waals surface area contributed by atoms with Crippen LogP contribution >= 0.6 is 0 Å². The molecule has 0 radical (unpaired) electrons. The van der Waals surface area contributed by atoms with Crippen molar-refractivity contribution in [3.05, 3.63) is 0 Å². The average molecular weight is 120 g/mol. The Hall–Kier alpha value is 0. The van der Waals surface area contributed by atoms with Crippen LogP contribution in [-0.2, 0) is 0 Å². The fourth-order valence-electron chi connectivity index (χ4n) is 0. The number of hydrogen-bond acceptors (Lipinski definition) is 0. The third kappa shape index (κ3) is 37.5. The summed E-state index contributed by atoms with van der Waals surface area (Å²) in [7, 11) is 0. The monoisotopic (exact) mass is 120 g/mol. The van der Waals surface area contributed by atoms with Gasteiger partial charge in [-0.3, -0.25) is 0 Å². The second-order valence-corrected chi connectivity index (χ2v) is 1.80. The van der Waals surface area contributed by atoms with Gasteiger partial charge in [-0.2, -0.15) is 0 Å². The second-order valence-electron chi connectivity index (χ2n) is 1.80. The quantitative estimate of drug-likeness (QED) is 0.491. The van der Waals surface area contributed by atoms with Gasteiger partial charge in [-0.25, -0.2) is 0 Å². The smallest absolute Gasteiger partial charge is 0.0474 e. The van der Waals surface area contributed by atoms with E-state index < -0.39 is 0 Å². The van der Waals surface area contributed by atoms with Crippen LogP contribution in [0, 0.1) is 5.92 Å². The van der Waals surface area contributed by atoms with E-state index in [1.54, 1.807) is 0 Å². The van der Waals surface area contributed by atoms with Gasteiger partial charge in [0.05, 0.1) is 0 Å². The minimum Gasteiger partial charge on any atom is -0.0776 e. The van der Waals surface area contributed by atoms with Crippen LogP contribution in [0.4, 0.5) is 0 Å². The molecular weight excluding hydrogens is 96.1 g/mol. The standard InChI is InChI=1S/C5H12.3CH4/c1-4-5(2)3;;;/h5H,4H2,1-3H3;3*1H4. The maximum Gasteiger partial charge on any atom is -0.0474 e. The zero-order valence-corrected chi connectivity index (χ0v) is 4.28. The molecule has 0 unspecified atom stereocenters. The summed E-state index contributed by atoms with van der Waals surface area (Å²) in [5.41, 5.74) is 0. The van der Waals surface area contributed by atoms with E-state index in [1.165, 1.54) is 6.42 Å². The molecule has 0 fully saturated rings. The fourth-order valence-corrected chi connectivity index (χ4v) is 0. The highest BCUT2D eigenvalue weighted by Crippen LogP contribution is 1.93. The van der Waals surface area contributed by atoms with Gasteiger partial charge in [0.15, 0.2) is 0 Å². The first-order valence-electron chi connectivity index (χ1n) is 2.27. The topological polar surface area (TPSA) is 0 Å². The fraction of sp³-hybridized carbons (Fsp3) is 1.00. The van der Waals surface area contributed by atoms with Gasteiger partial charge in [-0.1, -0.05) is 49.5 Å². The highest BCUT2D eigenvalue weighted by Gasteiger charge is 1.80. The van der Waals surface area contributed by atoms with Crippen LogP contribution in [-0.4, -0.2) is 0 Å². The summed E-state index contributed by atoms with van der Waals surface area (Å²) in [5, 5.41) is 0. The molecule has 56 valence electrons. The Morgan fingerprint density at radius 3 is 1.12 bits per heavy atom. The van der Waals surface area contributed by atoms with Gasteiger partial charge in [0.1, 0.15) is 0 Å². The van der Waals surface area contributed by atoms with E-state index in [0.29, 0.717) is 0 Å². The largest absolute Gasteiger partial charge is 0.0776 e. The number of hydrogen-bond donors (Lipinski definition) is 0. The number of rotatable bonds is 1. The van der Waals surface area contributed by atoms with E-state index in [9.17, 15) is 0 Å². The Morgan fingerprint density at radius 2 is 1.12 bits per heavy atom. The van der Waals surface area contributed by atoms with Gasteiger partial charge in [-0.05, 0) is 5.92 Å². The lowest BCUT2D eigenvalue weighted by Gasteiger charge is -1.90. The normalized spacial score (nSPS) is 6.00. The molecule has 8 heavy (non-hydrogen) atoms. The molecule has 0 saturated carbocycles. The zero-order chi connectivity index (χ0) is 4.28. The maximum atomic E-state index is 2.22. The lowest BCUT2D eigenvalue weighted by molar-refractivity contribution is 0.626. The van der Waals surface area contributed by atoms with Crippen LogP contribution in [0.1, 0.15) is 49.5 Å². The Kier molecular flexibility index (Phi) is 48.2. The molecule has 0 aromatic heterocycles. The third-order valence-electron chi connectivity index (χ3n) is 0.816. The van der Waals surface area contributed by atoms with Crippen molar-refractivity contribution in [3.8, 4) is 0 Å². The SMILES string of the molecule is C.C.C.CCC(C)C. The van der Waals surface area contributed by atoms with Crippen molar-refractivity contribution >= 4 is 0 Å². The molecule has 0 bridgehead atoms.